The average Bonchev–Trinajstić information content (AvgIpc) is 3.64. The third kappa shape index (κ3) is 3.79. The van der Waals surface area contributed by atoms with Crippen LogP contribution in [0.2, 0.25) is 0 Å². The molecule has 1 amide bonds. The molecule has 1 aliphatic rings. The Morgan fingerprint density at radius 3 is 2.71 bits per heavy atom. The number of hydrogen-bond acceptors (Lipinski definition) is 4. The van der Waals surface area contributed by atoms with Crippen LogP contribution >= 0.6 is 0 Å². The van der Waals surface area contributed by atoms with Gasteiger partial charge >= 0.3 is 0 Å². The molecule has 1 saturated carbocycles. The predicted octanol–water partition coefficient (Wildman–Crippen LogP) is 4.67. The zero-order valence-corrected chi connectivity index (χ0v) is 19.6. The van der Waals surface area contributed by atoms with Crippen LogP contribution in [0.15, 0.2) is 71.7 Å². The van der Waals surface area contributed by atoms with Crippen molar-refractivity contribution in [2.75, 3.05) is 0 Å². The van der Waals surface area contributed by atoms with E-state index in [0.717, 1.165) is 57.2 Å². The predicted molar refractivity (Wildman–Crippen MR) is 136 cm³/mol. The van der Waals surface area contributed by atoms with Crippen molar-refractivity contribution in [3.8, 4) is 11.3 Å². The van der Waals surface area contributed by atoms with Gasteiger partial charge in [0.1, 0.15) is 0 Å². The van der Waals surface area contributed by atoms with E-state index in [9.17, 15) is 9.59 Å². The number of fused-ring (bicyclic) bond motifs is 2. The fraction of sp³-hybridized carbons (Fsp3) is 0.214. The molecule has 7 nitrogen and oxygen atoms in total. The van der Waals surface area contributed by atoms with E-state index in [-0.39, 0.29) is 17.5 Å². The number of aromatic amines is 1. The van der Waals surface area contributed by atoms with Gasteiger partial charge in [-0.25, -0.2) is 0 Å². The first-order valence-corrected chi connectivity index (χ1v) is 11.8. The second-order valence-electron chi connectivity index (χ2n) is 9.33. The summed E-state index contributed by atoms with van der Waals surface area (Å²) in [6.45, 7) is 1.94. The lowest BCUT2D eigenvalue weighted by Crippen LogP contribution is -2.30. The first kappa shape index (κ1) is 21.3. The van der Waals surface area contributed by atoms with Gasteiger partial charge in [-0.3, -0.25) is 19.7 Å². The number of nitrogens with one attached hydrogen (secondary N) is 2. The van der Waals surface area contributed by atoms with Crippen LogP contribution < -0.4 is 10.9 Å². The molecule has 5 aromatic rings. The lowest BCUT2D eigenvalue weighted by Gasteiger charge is -2.18. The summed E-state index contributed by atoms with van der Waals surface area (Å²) in [5.74, 6) is 0.310. The Hall–Kier alpha value is -4.26. The summed E-state index contributed by atoms with van der Waals surface area (Å²) in [5.41, 5.74) is 5.80. The first-order valence-electron chi connectivity index (χ1n) is 11.8. The van der Waals surface area contributed by atoms with E-state index < -0.39 is 0 Å². The molecular weight excluding hydrogens is 438 g/mol. The number of carbonyl (C=O) groups excluding carboxylic acids is 1. The van der Waals surface area contributed by atoms with Crippen molar-refractivity contribution in [2.45, 2.75) is 25.8 Å². The average molecular weight is 464 g/mol. The molecule has 0 bridgehead atoms. The van der Waals surface area contributed by atoms with Crippen molar-refractivity contribution in [3.63, 3.8) is 0 Å². The van der Waals surface area contributed by atoms with Gasteiger partial charge in [0.05, 0.1) is 28.5 Å². The smallest absolute Gasteiger partial charge is 0.251 e. The van der Waals surface area contributed by atoms with Gasteiger partial charge in [0, 0.05) is 41.2 Å². The van der Waals surface area contributed by atoms with E-state index in [0.29, 0.717) is 11.5 Å². The molecule has 3 aromatic heterocycles. The molecule has 7 heteroatoms. The van der Waals surface area contributed by atoms with Crippen LogP contribution in [-0.2, 0) is 7.05 Å². The summed E-state index contributed by atoms with van der Waals surface area (Å²) in [6.07, 6.45) is 3.96. The number of aromatic nitrogens is 4. The number of carbonyl (C=O) groups is 1. The highest BCUT2D eigenvalue weighted by Crippen LogP contribution is 2.40. The largest absolute Gasteiger partial charge is 0.343 e. The van der Waals surface area contributed by atoms with Crippen molar-refractivity contribution in [3.05, 3.63) is 94.0 Å². The van der Waals surface area contributed by atoms with Crippen molar-refractivity contribution in [1.82, 2.24) is 25.1 Å². The molecule has 1 atom stereocenters. The molecule has 0 aliphatic heterocycles. The van der Waals surface area contributed by atoms with Crippen molar-refractivity contribution >= 4 is 27.7 Å². The topological polar surface area (TPSA) is 92.7 Å². The molecule has 3 heterocycles. The Bertz CT molecular complexity index is 1650. The van der Waals surface area contributed by atoms with E-state index in [4.69, 9.17) is 0 Å². The third-order valence-electron chi connectivity index (χ3n) is 6.94. The molecule has 0 unspecified atom stereocenters. The van der Waals surface area contributed by atoms with Crippen molar-refractivity contribution in [2.24, 2.45) is 13.0 Å². The van der Waals surface area contributed by atoms with Gasteiger partial charge in [-0.15, -0.1) is 0 Å². The Labute approximate surface area is 201 Å². The lowest BCUT2D eigenvalue weighted by molar-refractivity contribution is 0.0931. The molecule has 1 aliphatic carbocycles. The van der Waals surface area contributed by atoms with Crippen molar-refractivity contribution in [1.29, 1.82) is 0 Å². The van der Waals surface area contributed by atoms with Crippen LogP contribution in [0.1, 0.15) is 40.5 Å². The molecule has 0 radical (unpaired) electrons. The zero-order valence-electron chi connectivity index (χ0n) is 19.6. The maximum absolute atomic E-state index is 13.3. The van der Waals surface area contributed by atoms with Crippen LogP contribution in [-0.4, -0.2) is 25.7 Å². The summed E-state index contributed by atoms with van der Waals surface area (Å²) >= 11 is 0. The molecule has 0 spiro atoms. The van der Waals surface area contributed by atoms with Gasteiger partial charge in [0.25, 0.3) is 11.5 Å². The van der Waals surface area contributed by atoms with Crippen molar-refractivity contribution < 1.29 is 4.79 Å². The fourth-order valence-corrected chi connectivity index (χ4v) is 4.79. The summed E-state index contributed by atoms with van der Waals surface area (Å²) in [4.78, 5) is 29.9. The van der Waals surface area contributed by atoms with E-state index >= 15 is 0 Å². The fourth-order valence-electron chi connectivity index (χ4n) is 4.79. The van der Waals surface area contributed by atoms with Gasteiger partial charge < -0.3 is 9.88 Å². The highest BCUT2D eigenvalue weighted by Gasteiger charge is 2.34. The molecule has 0 saturated heterocycles. The Morgan fingerprint density at radius 1 is 1.09 bits per heavy atom. The van der Waals surface area contributed by atoms with E-state index in [1.807, 2.05) is 55.5 Å². The Morgan fingerprint density at radius 2 is 1.94 bits per heavy atom. The number of H-pyrrole nitrogens is 1. The second-order valence-corrected chi connectivity index (χ2v) is 9.33. The molecule has 2 aromatic carbocycles. The Balaban J connectivity index is 1.37. The number of rotatable bonds is 5. The van der Waals surface area contributed by atoms with Gasteiger partial charge in [-0.05, 0) is 73.7 Å². The number of amides is 1. The summed E-state index contributed by atoms with van der Waals surface area (Å²) in [6, 6.07) is 18.9. The molecule has 174 valence electrons. The maximum Gasteiger partial charge on any atom is 0.251 e. The number of benzene rings is 2. The number of nitrogens with zero attached hydrogens (tertiary/aromatic N) is 3. The van der Waals surface area contributed by atoms with Gasteiger partial charge in [0.2, 0.25) is 0 Å². The number of pyridine rings is 2. The first-order chi connectivity index (χ1) is 17.0. The lowest BCUT2D eigenvalue weighted by atomic mass is 10.0. The minimum Gasteiger partial charge on any atom is -0.343 e. The zero-order chi connectivity index (χ0) is 24.1. The SMILES string of the molecule is Cc1cc(=O)n(C)c2ccc(-c3n[nH]c4ccc(C(=O)N[C@H](c5ccccn5)C5CC5)cc34)cc12. The standard InChI is InChI=1S/C28H25N5O2/c1-16-13-25(34)33(2)24-11-9-18(14-20(16)24)26-21-15-19(8-10-22(21)31-32-26)28(35)30-27(17-6-7-17)23-5-3-4-12-29-23/h3-5,8-15,17,27H,6-7H2,1-2H3,(H,30,35)(H,31,32)/t27-/m0/s1. The minimum atomic E-state index is -0.119. The van der Waals surface area contributed by atoms with Crippen LogP contribution in [0.4, 0.5) is 0 Å². The van der Waals surface area contributed by atoms with Gasteiger partial charge in [0.15, 0.2) is 0 Å². The Kier molecular flexibility index (Phi) is 4.99. The highest BCUT2D eigenvalue weighted by atomic mass is 16.1. The number of hydrogen-bond donors (Lipinski definition) is 2. The quantitative estimate of drug-likeness (QED) is 0.396. The van der Waals surface area contributed by atoms with Crippen LogP contribution in [0.25, 0.3) is 33.1 Å². The summed E-state index contributed by atoms with van der Waals surface area (Å²) < 4.78 is 1.65. The number of aryl methyl sites for hydroxylation is 2. The molecule has 1 fully saturated rings. The van der Waals surface area contributed by atoms with Crippen LogP contribution in [0, 0.1) is 12.8 Å². The molecule has 6 rings (SSSR count). The normalized spacial score (nSPS) is 14.3. The summed E-state index contributed by atoms with van der Waals surface area (Å²) in [7, 11) is 1.78. The molecular formula is C28H25N5O2. The summed E-state index contributed by atoms with van der Waals surface area (Å²) in [5, 5.41) is 12.7. The van der Waals surface area contributed by atoms with Crippen LogP contribution in [0.3, 0.4) is 0 Å². The molecule has 35 heavy (non-hydrogen) atoms. The highest BCUT2D eigenvalue weighted by molar-refractivity contribution is 6.02. The third-order valence-corrected chi connectivity index (χ3v) is 6.94. The van der Waals surface area contributed by atoms with Gasteiger partial charge in [-0.2, -0.15) is 5.10 Å². The van der Waals surface area contributed by atoms with E-state index in [1.54, 1.807) is 23.9 Å². The van der Waals surface area contributed by atoms with Gasteiger partial charge in [-0.1, -0.05) is 12.1 Å². The van der Waals surface area contributed by atoms with E-state index in [2.05, 4.69) is 26.6 Å². The molecule has 2 N–H and O–H groups in total. The maximum atomic E-state index is 13.3. The minimum absolute atomic E-state index is 0.0289. The monoisotopic (exact) mass is 463 g/mol. The second kappa shape index (κ2) is 8.20. The van der Waals surface area contributed by atoms with Crippen LogP contribution in [0.5, 0.6) is 0 Å². The van der Waals surface area contributed by atoms with E-state index in [1.165, 1.54) is 0 Å².